The third-order valence-corrected chi connectivity index (χ3v) is 5.36. The van der Waals surface area contributed by atoms with Crippen LogP contribution in [-0.2, 0) is 9.53 Å². The number of nitrogens with one attached hydrogen (secondary N) is 2. The topological polar surface area (TPSA) is 87.3 Å². The molecule has 160 valence electrons. The van der Waals surface area contributed by atoms with Crippen molar-refractivity contribution < 1.29 is 14.3 Å². The number of piperidine rings is 1. The Labute approximate surface area is 181 Å². The molecule has 1 atom stereocenters. The van der Waals surface area contributed by atoms with Crippen LogP contribution in [-0.4, -0.2) is 46.6 Å². The first kappa shape index (κ1) is 20.7. The Kier molecular flexibility index (Phi) is 6.31. The summed E-state index contributed by atoms with van der Waals surface area (Å²) in [5.74, 6) is 0.766. The zero-order chi connectivity index (χ0) is 21.6. The van der Waals surface area contributed by atoms with Gasteiger partial charge in [-0.3, -0.25) is 0 Å². The lowest BCUT2D eigenvalue weighted by atomic mass is 9.97. The molecular formula is C24H26N4O3. The van der Waals surface area contributed by atoms with Gasteiger partial charge in [-0.25, -0.2) is 14.6 Å². The summed E-state index contributed by atoms with van der Waals surface area (Å²) in [6.45, 7) is 3.47. The van der Waals surface area contributed by atoms with Crippen LogP contribution < -0.4 is 5.32 Å². The van der Waals surface area contributed by atoms with E-state index in [0.717, 1.165) is 41.8 Å². The Morgan fingerprint density at radius 3 is 2.81 bits per heavy atom. The van der Waals surface area contributed by atoms with Crippen LogP contribution in [0.2, 0.25) is 0 Å². The van der Waals surface area contributed by atoms with Crippen molar-refractivity contribution in [3.8, 4) is 0 Å². The average molecular weight is 418 g/mol. The highest BCUT2D eigenvalue weighted by atomic mass is 16.5. The number of fused-ring (bicyclic) bond motifs is 1. The lowest BCUT2D eigenvalue weighted by Gasteiger charge is -2.31. The zero-order valence-corrected chi connectivity index (χ0v) is 17.5. The minimum atomic E-state index is -0.371. The van der Waals surface area contributed by atoms with Crippen molar-refractivity contribution in [3.05, 3.63) is 66.0 Å². The molecule has 2 N–H and O–H groups in total. The molecule has 0 saturated carbocycles. The number of nitrogens with zero attached hydrogens (tertiary/aromatic N) is 2. The van der Waals surface area contributed by atoms with Crippen LogP contribution in [0.25, 0.3) is 17.1 Å². The number of aromatic nitrogens is 2. The summed E-state index contributed by atoms with van der Waals surface area (Å²) in [6.07, 6.45) is 5.02. The van der Waals surface area contributed by atoms with E-state index in [1.165, 1.54) is 6.08 Å². The molecule has 0 aliphatic carbocycles. The first-order chi connectivity index (χ1) is 15.1. The molecule has 0 radical (unpaired) electrons. The molecule has 0 bridgehead atoms. The molecule has 4 rings (SSSR count). The quantitative estimate of drug-likeness (QED) is 0.470. The SMILES string of the molecule is CCOC(=O)/C=C\c1ccc(NC(=O)N2CCC[C@H](c3nc4ccccc4[nH]3)C2)cc1. The van der Waals surface area contributed by atoms with Crippen LogP contribution in [0.15, 0.2) is 54.6 Å². The number of aromatic amines is 1. The van der Waals surface area contributed by atoms with Gasteiger partial charge in [-0.2, -0.15) is 0 Å². The number of imidazole rings is 1. The van der Waals surface area contributed by atoms with Gasteiger partial charge in [0.15, 0.2) is 0 Å². The van der Waals surface area contributed by atoms with Gasteiger partial charge < -0.3 is 19.9 Å². The standard InChI is InChI=1S/C24H26N4O3/c1-2-31-22(29)14-11-17-9-12-19(13-10-17)25-24(30)28-15-5-6-18(16-28)23-26-20-7-3-4-8-21(20)27-23/h3-4,7-14,18H,2,5-6,15-16H2,1H3,(H,25,30)(H,26,27)/b14-11-/t18-/m0/s1. The third-order valence-electron chi connectivity index (χ3n) is 5.36. The summed E-state index contributed by atoms with van der Waals surface area (Å²) >= 11 is 0. The van der Waals surface area contributed by atoms with E-state index in [4.69, 9.17) is 9.72 Å². The first-order valence-corrected chi connectivity index (χ1v) is 10.6. The number of rotatable bonds is 5. The Balaban J connectivity index is 1.36. The molecule has 2 heterocycles. The van der Waals surface area contributed by atoms with E-state index < -0.39 is 0 Å². The second kappa shape index (κ2) is 9.47. The third kappa shape index (κ3) is 5.12. The number of hydrogen-bond acceptors (Lipinski definition) is 4. The summed E-state index contributed by atoms with van der Waals surface area (Å²) in [6, 6.07) is 15.2. The molecule has 2 amide bonds. The number of benzene rings is 2. The Morgan fingerprint density at radius 1 is 1.23 bits per heavy atom. The number of ether oxygens (including phenoxy) is 1. The molecule has 1 saturated heterocycles. The smallest absolute Gasteiger partial charge is 0.330 e. The second-order valence-corrected chi connectivity index (χ2v) is 7.56. The molecule has 31 heavy (non-hydrogen) atoms. The molecule has 2 aromatic carbocycles. The van der Waals surface area contributed by atoms with Crippen molar-refractivity contribution in [3.63, 3.8) is 0 Å². The van der Waals surface area contributed by atoms with Gasteiger partial charge in [0.05, 0.1) is 17.6 Å². The minimum Gasteiger partial charge on any atom is -0.463 e. The largest absolute Gasteiger partial charge is 0.463 e. The lowest BCUT2D eigenvalue weighted by molar-refractivity contribution is -0.137. The monoisotopic (exact) mass is 418 g/mol. The van der Waals surface area contributed by atoms with Crippen LogP contribution in [0.5, 0.6) is 0 Å². The highest BCUT2D eigenvalue weighted by Crippen LogP contribution is 2.27. The number of likely N-dealkylation sites (tertiary alicyclic amines) is 1. The van der Waals surface area contributed by atoms with E-state index in [1.807, 2.05) is 53.4 Å². The van der Waals surface area contributed by atoms with Gasteiger partial charge in [0.2, 0.25) is 0 Å². The van der Waals surface area contributed by atoms with Crippen molar-refractivity contribution in [2.45, 2.75) is 25.7 Å². The fraction of sp³-hybridized carbons (Fsp3) is 0.292. The Bertz CT molecular complexity index is 1050. The molecule has 1 aromatic heterocycles. The minimum absolute atomic E-state index is 0.115. The molecule has 0 spiro atoms. The number of carbonyl (C=O) groups is 2. The number of urea groups is 1. The maximum Gasteiger partial charge on any atom is 0.330 e. The second-order valence-electron chi connectivity index (χ2n) is 7.56. The normalized spacial score (nSPS) is 16.5. The molecule has 7 nitrogen and oxygen atoms in total. The fourth-order valence-electron chi connectivity index (χ4n) is 3.79. The number of H-pyrrole nitrogens is 1. The maximum atomic E-state index is 12.8. The van der Waals surface area contributed by atoms with Gasteiger partial charge in [-0.05, 0) is 55.7 Å². The zero-order valence-electron chi connectivity index (χ0n) is 17.5. The van der Waals surface area contributed by atoms with Crippen LogP contribution in [0, 0.1) is 0 Å². The molecule has 3 aromatic rings. The Hall–Kier alpha value is -3.61. The molecule has 1 aliphatic rings. The van der Waals surface area contributed by atoms with Gasteiger partial charge in [0.25, 0.3) is 0 Å². The fourth-order valence-corrected chi connectivity index (χ4v) is 3.79. The average Bonchev–Trinajstić information content (AvgIpc) is 3.23. The van der Waals surface area contributed by atoms with Crippen molar-refractivity contribution in [2.24, 2.45) is 0 Å². The van der Waals surface area contributed by atoms with Gasteiger partial charge in [-0.15, -0.1) is 0 Å². The molecule has 1 aliphatic heterocycles. The van der Waals surface area contributed by atoms with Gasteiger partial charge in [0.1, 0.15) is 5.82 Å². The number of esters is 1. The summed E-state index contributed by atoms with van der Waals surface area (Å²) in [4.78, 5) is 34.2. The van der Waals surface area contributed by atoms with E-state index in [-0.39, 0.29) is 17.9 Å². The number of hydrogen-bond donors (Lipinski definition) is 2. The lowest BCUT2D eigenvalue weighted by Crippen LogP contribution is -2.41. The predicted octanol–water partition coefficient (Wildman–Crippen LogP) is 4.55. The van der Waals surface area contributed by atoms with Crippen LogP contribution in [0.3, 0.4) is 0 Å². The highest BCUT2D eigenvalue weighted by molar-refractivity contribution is 5.90. The van der Waals surface area contributed by atoms with Crippen molar-refractivity contribution >= 4 is 34.8 Å². The number of amides is 2. The maximum absolute atomic E-state index is 12.8. The van der Waals surface area contributed by atoms with E-state index in [9.17, 15) is 9.59 Å². The first-order valence-electron chi connectivity index (χ1n) is 10.6. The molecule has 1 fully saturated rings. The number of para-hydroxylation sites is 2. The van der Waals surface area contributed by atoms with E-state index in [1.54, 1.807) is 13.0 Å². The number of carbonyl (C=O) groups excluding carboxylic acids is 2. The van der Waals surface area contributed by atoms with Crippen LogP contribution in [0.1, 0.15) is 37.1 Å². The highest BCUT2D eigenvalue weighted by Gasteiger charge is 2.26. The van der Waals surface area contributed by atoms with Crippen molar-refractivity contribution in [1.29, 1.82) is 0 Å². The Morgan fingerprint density at radius 2 is 2.03 bits per heavy atom. The summed E-state index contributed by atoms with van der Waals surface area (Å²) in [5, 5.41) is 2.96. The van der Waals surface area contributed by atoms with E-state index >= 15 is 0 Å². The number of anilines is 1. The van der Waals surface area contributed by atoms with Crippen molar-refractivity contribution in [1.82, 2.24) is 14.9 Å². The van der Waals surface area contributed by atoms with E-state index in [0.29, 0.717) is 18.8 Å². The van der Waals surface area contributed by atoms with Gasteiger partial charge in [0, 0.05) is 30.8 Å². The molecular weight excluding hydrogens is 392 g/mol. The van der Waals surface area contributed by atoms with Gasteiger partial charge >= 0.3 is 12.0 Å². The molecule has 0 unspecified atom stereocenters. The predicted molar refractivity (Wildman–Crippen MR) is 121 cm³/mol. The van der Waals surface area contributed by atoms with Crippen LogP contribution >= 0.6 is 0 Å². The summed E-state index contributed by atoms with van der Waals surface area (Å²) < 4.78 is 4.87. The molecule has 7 heteroatoms. The van der Waals surface area contributed by atoms with E-state index in [2.05, 4.69) is 10.3 Å². The van der Waals surface area contributed by atoms with Gasteiger partial charge in [-0.1, -0.05) is 24.3 Å². The summed E-state index contributed by atoms with van der Waals surface area (Å²) in [5.41, 5.74) is 3.55. The summed E-state index contributed by atoms with van der Waals surface area (Å²) in [7, 11) is 0. The van der Waals surface area contributed by atoms with Crippen LogP contribution in [0.4, 0.5) is 10.5 Å². The van der Waals surface area contributed by atoms with Crippen molar-refractivity contribution in [2.75, 3.05) is 25.0 Å².